The zero-order chi connectivity index (χ0) is 2.71. The van der Waals surface area contributed by atoms with Crippen molar-refractivity contribution in [1.82, 2.24) is 0 Å². The first-order valence-corrected chi connectivity index (χ1v) is 0.365. The Labute approximate surface area is 42.2 Å². The summed E-state index contributed by atoms with van der Waals surface area (Å²) in [5.74, 6) is 0. The van der Waals surface area contributed by atoms with Gasteiger partial charge in [0.25, 0.3) is 0 Å². The summed E-state index contributed by atoms with van der Waals surface area (Å²) < 4.78 is 0. The maximum atomic E-state index is 6.62. The smallest absolute Gasteiger partial charge is 0.221 e. The average molecular weight is 141 g/mol. The molecule has 0 spiro atoms. The van der Waals surface area contributed by atoms with Crippen LogP contribution in [-0.2, 0) is 31.2 Å². The van der Waals surface area contributed by atoms with Gasteiger partial charge in [0.05, 0.1) is 0 Å². The molecular formula is H2O3Zr+4. The van der Waals surface area contributed by atoms with Crippen LogP contribution in [0.25, 0.3) is 0 Å². The van der Waals surface area contributed by atoms with E-state index < -0.39 is 0 Å². The van der Waals surface area contributed by atoms with Crippen LogP contribution in [0, 0.1) is 0 Å². The van der Waals surface area contributed by atoms with Crippen LogP contribution in [-0.4, -0.2) is 10.5 Å². The molecule has 0 aromatic heterocycles. The van der Waals surface area contributed by atoms with Gasteiger partial charge in [0.15, 0.2) is 0 Å². The summed E-state index contributed by atoms with van der Waals surface area (Å²) in [6.07, 6.45) is 0. The molecule has 0 rings (SSSR count). The zero-order valence-corrected chi connectivity index (χ0v) is 4.26. The second-order valence-corrected chi connectivity index (χ2v) is 0.0816. The summed E-state index contributed by atoms with van der Waals surface area (Å²) in [5, 5.41) is 15.5. The maximum Gasteiger partial charge on any atom is 4.00 e. The van der Waals surface area contributed by atoms with Crippen molar-refractivity contribution in [3.05, 3.63) is 0 Å². The maximum absolute atomic E-state index is 6.62. The first-order chi connectivity index (χ1) is 1.41. The van der Waals surface area contributed by atoms with E-state index in [1.807, 2.05) is 0 Å². The summed E-state index contributed by atoms with van der Waals surface area (Å²) in [7, 11) is 0. The van der Waals surface area contributed by atoms with Gasteiger partial charge in [-0.25, -0.2) is 10.5 Å². The van der Waals surface area contributed by atoms with Gasteiger partial charge in [-0.2, -0.15) is 0 Å². The molecule has 0 atom stereocenters. The van der Waals surface area contributed by atoms with Crippen molar-refractivity contribution >= 4 is 0 Å². The van der Waals surface area contributed by atoms with Crippen LogP contribution in [0.1, 0.15) is 0 Å². The standard InChI is InChI=1S/H2O3.Zr/c1-3-2;/h1-2H;/q;+4. The van der Waals surface area contributed by atoms with Crippen molar-refractivity contribution in [3.63, 3.8) is 0 Å². The van der Waals surface area contributed by atoms with E-state index >= 15 is 0 Å². The van der Waals surface area contributed by atoms with Crippen LogP contribution in [0.4, 0.5) is 0 Å². The summed E-state index contributed by atoms with van der Waals surface area (Å²) in [6.45, 7) is 0. The van der Waals surface area contributed by atoms with E-state index in [9.17, 15) is 0 Å². The van der Waals surface area contributed by atoms with E-state index in [1.165, 1.54) is 0 Å². The molecule has 3 nitrogen and oxygen atoms in total. The molecule has 0 unspecified atom stereocenters. The normalized spacial score (nSPS) is 4.50. The molecular weight excluding hydrogens is 139 g/mol. The molecule has 0 saturated carbocycles. The second kappa shape index (κ2) is 9.24. The van der Waals surface area contributed by atoms with Crippen LogP contribution in [0.2, 0.25) is 0 Å². The number of hydrogen-bond donors (Lipinski definition) is 2. The van der Waals surface area contributed by atoms with Gasteiger partial charge in [-0.15, -0.1) is 0 Å². The van der Waals surface area contributed by atoms with Crippen LogP contribution in [0.5, 0.6) is 0 Å². The Hall–Kier alpha value is 0.763. The minimum atomic E-state index is 0. The van der Waals surface area contributed by atoms with Crippen molar-refractivity contribution in [2.45, 2.75) is 0 Å². The Balaban J connectivity index is 0. The fourth-order valence-corrected chi connectivity index (χ4v) is 0. The van der Waals surface area contributed by atoms with E-state index in [0.29, 0.717) is 0 Å². The van der Waals surface area contributed by atoms with Gasteiger partial charge >= 0.3 is 26.2 Å². The molecule has 0 aliphatic heterocycles. The van der Waals surface area contributed by atoms with Gasteiger partial charge < -0.3 is 0 Å². The van der Waals surface area contributed by atoms with Gasteiger partial charge in [0, 0.05) is 0 Å². The Kier molecular flexibility index (Phi) is 20.4. The van der Waals surface area contributed by atoms with E-state index in [4.69, 9.17) is 10.5 Å². The van der Waals surface area contributed by atoms with Gasteiger partial charge in [-0.3, -0.25) is 0 Å². The van der Waals surface area contributed by atoms with Gasteiger partial charge in [-0.05, 0) is 0 Å². The largest absolute Gasteiger partial charge is 4.00 e. The van der Waals surface area contributed by atoms with Crippen LogP contribution < -0.4 is 0 Å². The first kappa shape index (κ1) is 8.83. The SMILES string of the molecule is OOO.[Zr+4]. The van der Waals surface area contributed by atoms with Crippen molar-refractivity contribution in [2.24, 2.45) is 0 Å². The van der Waals surface area contributed by atoms with Crippen molar-refractivity contribution < 1.29 is 41.8 Å². The number of hydrogen-bond acceptors (Lipinski definition) is 3. The summed E-state index contributed by atoms with van der Waals surface area (Å²) in [6, 6.07) is 0. The fourth-order valence-electron chi connectivity index (χ4n) is 0. The molecule has 0 saturated heterocycles. The molecule has 20 valence electrons. The van der Waals surface area contributed by atoms with Crippen LogP contribution in [0.3, 0.4) is 0 Å². The Morgan fingerprint density at radius 1 is 1.25 bits per heavy atom. The van der Waals surface area contributed by atoms with Crippen molar-refractivity contribution in [1.29, 1.82) is 0 Å². The van der Waals surface area contributed by atoms with Crippen molar-refractivity contribution in [2.75, 3.05) is 0 Å². The quantitative estimate of drug-likeness (QED) is 0.367. The molecule has 0 aromatic rings. The van der Waals surface area contributed by atoms with E-state index in [0.717, 1.165) is 0 Å². The molecule has 0 aliphatic rings. The topological polar surface area (TPSA) is 49.7 Å². The molecule has 0 amide bonds. The van der Waals surface area contributed by atoms with Crippen LogP contribution >= 0.6 is 0 Å². The molecule has 0 radical (unpaired) electrons. The van der Waals surface area contributed by atoms with Crippen LogP contribution in [0.15, 0.2) is 0 Å². The monoisotopic (exact) mass is 140 g/mol. The molecule has 0 heterocycles. The Morgan fingerprint density at radius 3 is 1.25 bits per heavy atom. The molecule has 0 fully saturated rings. The molecule has 0 bridgehead atoms. The summed E-state index contributed by atoms with van der Waals surface area (Å²) >= 11 is 0. The minimum absolute atomic E-state index is 0. The molecule has 2 N–H and O–H groups in total. The predicted molar refractivity (Wildman–Crippen MR) is 6.34 cm³/mol. The van der Waals surface area contributed by atoms with E-state index in [-0.39, 0.29) is 26.2 Å². The van der Waals surface area contributed by atoms with Gasteiger partial charge in [0.2, 0.25) is 0 Å². The van der Waals surface area contributed by atoms with E-state index in [2.05, 4.69) is 5.04 Å². The molecule has 4 heteroatoms. The third-order valence-electron chi connectivity index (χ3n) is 0. The summed E-state index contributed by atoms with van der Waals surface area (Å²) in [5.41, 5.74) is 0. The third kappa shape index (κ3) is 14.7. The average Bonchev–Trinajstić information content (AvgIpc) is 0.918. The van der Waals surface area contributed by atoms with Gasteiger partial charge in [0.1, 0.15) is 0 Å². The third-order valence-corrected chi connectivity index (χ3v) is 0. The second-order valence-electron chi connectivity index (χ2n) is 0.0816. The minimum Gasteiger partial charge on any atom is -0.221 e. The molecule has 0 aliphatic carbocycles. The molecule has 0 aromatic carbocycles. The van der Waals surface area contributed by atoms with Crippen molar-refractivity contribution in [3.8, 4) is 0 Å². The first-order valence-electron chi connectivity index (χ1n) is 0.365. The van der Waals surface area contributed by atoms with Gasteiger partial charge in [-0.1, -0.05) is 5.04 Å². The predicted octanol–water partition coefficient (Wildman–Crippen LogP) is -0.0535. The molecule has 4 heavy (non-hydrogen) atoms. The van der Waals surface area contributed by atoms with E-state index in [1.54, 1.807) is 0 Å². The Morgan fingerprint density at radius 2 is 1.25 bits per heavy atom. The number of rotatable bonds is 0. The fraction of sp³-hybridized carbons (Fsp3) is 0. The Bertz CT molecular complexity index is 3.25. The zero-order valence-electron chi connectivity index (χ0n) is 1.80. The summed E-state index contributed by atoms with van der Waals surface area (Å²) in [4.78, 5) is 0.